The summed E-state index contributed by atoms with van der Waals surface area (Å²) < 4.78 is 3.86. The minimum absolute atomic E-state index is 0.228. The van der Waals surface area contributed by atoms with Gasteiger partial charge in [0.05, 0.1) is 18.1 Å². The molecule has 1 saturated heterocycles. The minimum atomic E-state index is 0.228. The third-order valence-corrected chi connectivity index (χ3v) is 5.55. The number of nitrogens with one attached hydrogen (secondary N) is 1. The van der Waals surface area contributed by atoms with Crippen molar-refractivity contribution in [2.75, 3.05) is 18.4 Å². The highest BCUT2D eigenvalue weighted by atomic mass is 15.2. The molecule has 144 valence electrons. The van der Waals surface area contributed by atoms with Gasteiger partial charge in [0.15, 0.2) is 11.5 Å². The zero-order chi connectivity index (χ0) is 18.9. The Morgan fingerprint density at radius 2 is 2.00 bits per heavy atom. The predicted octanol–water partition coefficient (Wildman–Crippen LogP) is 3.24. The fourth-order valence-electron chi connectivity index (χ4n) is 4.07. The number of anilines is 1. The molecule has 4 heterocycles. The summed E-state index contributed by atoms with van der Waals surface area (Å²) in [4.78, 5) is 11.7. The number of allylic oxidation sites excluding steroid dienone is 1. The van der Waals surface area contributed by atoms with Crippen LogP contribution in [-0.4, -0.2) is 48.2 Å². The van der Waals surface area contributed by atoms with E-state index in [0.29, 0.717) is 0 Å². The molecular weight excluding hydrogens is 350 g/mol. The number of nitrogens with zero attached hydrogens (tertiary/aromatic N) is 6. The maximum atomic E-state index is 4.61. The molecule has 28 heavy (non-hydrogen) atoms. The third-order valence-electron chi connectivity index (χ3n) is 5.55. The summed E-state index contributed by atoms with van der Waals surface area (Å²) in [5.74, 6) is 0.808. The number of rotatable bonds is 4. The highest BCUT2D eigenvalue weighted by Crippen LogP contribution is 2.25. The molecule has 0 amide bonds. The maximum Gasteiger partial charge on any atom is 0.180 e. The standard InChI is InChI=1S/C21H25N7/c1-26-15-16(13-24-26)19-14-23-21-20(22-9-12-28(19)21)25-17-5-7-18(8-6-17)27-10-3-2-4-11-27/h5,7-9,12-15,17H,2-4,6,10-11H2,1H3,(H,22,25). The number of imidazole rings is 1. The quantitative estimate of drug-likeness (QED) is 0.758. The van der Waals surface area contributed by atoms with Gasteiger partial charge in [0.25, 0.3) is 0 Å². The van der Waals surface area contributed by atoms with Crippen LogP contribution >= 0.6 is 0 Å². The first-order valence-corrected chi connectivity index (χ1v) is 9.99. The van der Waals surface area contributed by atoms with Crippen LogP contribution in [0.3, 0.4) is 0 Å². The van der Waals surface area contributed by atoms with E-state index < -0.39 is 0 Å². The predicted molar refractivity (Wildman–Crippen MR) is 110 cm³/mol. The number of hydrogen-bond acceptors (Lipinski definition) is 5. The minimum Gasteiger partial charge on any atom is -0.372 e. The molecule has 1 N–H and O–H groups in total. The second-order valence-electron chi connectivity index (χ2n) is 7.54. The summed E-state index contributed by atoms with van der Waals surface area (Å²) in [6.45, 7) is 2.36. The van der Waals surface area contributed by atoms with Crippen LogP contribution in [0.2, 0.25) is 0 Å². The Morgan fingerprint density at radius 1 is 1.11 bits per heavy atom. The topological polar surface area (TPSA) is 63.3 Å². The van der Waals surface area contributed by atoms with Crippen molar-refractivity contribution in [3.8, 4) is 11.3 Å². The molecule has 5 rings (SSSR count). The van der Waals surface area contributed by atoms with Crippen molar-refractivity contribution < 1.29 is 0 Å². The first-order chi connectivity index (χ1) is 13.8. The van der Waals surface area contributed by atoms with Gasteiger partial charge in [-0.05, 0) is 31.8 Å². The fourth-order valence-corrected chi connectivity index (χ4v) is 4.07. The van der Waals surface area contributed by atoms with Gasteiger partial charge in [-0.1, -0.05) is 12.2 Å². The first kappa shape index (κ1) is 17.0. The molecule has 1 atom stereocenters. The number of fused-ring (bicyclic) bond motifs is 1. The molecule has 0 bridgehead atoms. The Hall–Kier alpha value is -3.09. The Bertz CT molecular complexity index is 1040. The lowest BCUT2D eigenvalue weighted by atomic mass is 10.0. The summed E-state index contributed by atoms with van der Waals surface area (Å²) in [6, 6.07) is 0.228. The van der Waals surface area contributed by atoms with Crippen LogP contribution < -0.4 is 5.32 Å². The molecule has 1 fully saturated rings. The van der Waals surface area contributed by atoms with Crippen molar-refractivity contribution in [3.63, 3.8) is 0 Å². The molecule has 2 aliphatic rings. The average molecular weight is 375 g/mol. The summed E-state index contributed by atoms with van der Waals surface area (Å²) >= 11 is 0. The third kappa shape index (κ3) is 3.17. The van der Waals surface area contributed by atoms with E-state index in [1.807, 2.05) is 38.0 Å². The van der Waals surface area contributed by atoms with Gasteiger partial charge in [-0.3, -0.25) is 9.08 Å². The summed E-state index contributed by atoms with van der Waals surface area (Å²) in [6.07, 6.45) is 21.3. The molecule has 3 aromatic heterocycles. The zero-order valence-electron chi connectivity index (χ0n) is 16.1. The van der Waals surface area contributed by atoms with E-state index in [1.165, 1.54) is 38.0 Å². The van der Waals surface area contributed by atoms with Gasteiger partial charge in [0, 0.05) is 56.0 Å². The van der Waals surface area contributed by atoms with Crippen molar-refractivity contribution in [1.29, 1.82) is 0 Å². The normalized spacial score (nSPS) is 19.8. The summed E-state index contributed by atoms with van der Waals surface area (Å²) in [5, 5.41) is 7.82. The van der Waals surface area contributed by atoms with Crippen molar-refractivity contribution in [1.82, 2.24) is 29.0 Å². The number of aryl methyl sites for hydroxylation is 1. The molecular formula is C21H25N7. The van der Waals surface area contributed by atoms with Gasteiger partial charge >= 0.3 is 0 Å². The van der Waals surface area contributed by atoms with E-state index in [1.54, 1.807) is 4.68 Å². The molecule has 7 heteroatoms. The largest absolute Gasteiger partial charge is 0.372 e. The van der Waals surface area contributed by atoms with Crippen molar-refractivity contribution in [2.45, 2.75) is 31.7 Å². The highest BCUT2D eigenvalue weighted by Gasteiger charge is 2.17. The lowest BCUT2D eigenvalue weighted by Gasteiger charge is -2.31. The van der Waals surface area contributed by atoms with E-state index in [4.69, 9.17) is 0 Å². The Kier molecular flexibility index (Phi) is 4.35. The average Bonchev–Trinajstić information content (AvgIpc) is 3.36. The van der Waals surface area contributed by atoms with Gasteiger partial charge in [-0.25, -0.2) is 9.97 Å². The molecule has 1 aliphatic heterocycles. The van der Waals surface area contributed by atoms with E-state index in [-0.39, 0.29) is 6.04 Å². The van der Waals surface area contributed by atoms with Gasteiger partial charge in [0.1, 0.15) is 0 Å². The van der Waals surface area contributed by atoms with Crippen LogP contribution in [0.4, 0.5) is 5.82 Å². The molecule has 0 spiro atoms. The Balaban J connectivity index is 1.34. The van der Waals surface area contributed by atoms with Crippen LogP contribution in [0.1, 0.15) is 25.7 Å². The van der Waals surface area contributed by atoms with Gasteiger partial charge < -0.3 is 10.2 Å². The van der Waals surface area contributed by atoms with E-state index in [9.17, 15) is 0 Å². The van der Waals surface area contributed by atoms with Crippen molar-refractivity contribution in [3.05, 3.63) is 54.9 Å². The molecule has 0 radical (unpaired) electrons. The molecule has 0 aromatic carbocycles. The number of hydrogen-bond donors (Lipinski definition) is 1. The van der Waals surface area contributed by atoms with Crippen LogP contribution in [0.5, 0.6) is 0 Å². The second-order valence-corrected chi connectivity index (χ2v) is 7.54. The number of piperidine rings is 1. The molecule has 1 unspecified atom stereocenters. The van der Waals surface area contributed by atoms with E-state index >= 15 is 0 Å². The van der Waals surface area contributed by atoms with E-state index in [2.05, 4.69) is 47.9 Å². The van der Waals surface area contributed by atoms with Crippen molar-refractivity contribution in [2.24, 2.45) is 7.05 Å². The van der Waals surface area contributed by atoms with E-state index in [0.717, 1.165) is 29.1 Å². The van der Waals surface area contributed by atoms with Crippen LogP contribution in [0.15, 0.2) is 54.9 Å². The SMILES string of the molecule is Cn1cc(-c2cnc3c(NC4C=CC(N5CCCCC5)=CC4)nccn23)cn1. The monoisotopic (exact) mass is 375 g/mol. The van der Waals surface area contributed by atoms with Gasteiger partial charge in [-0.2, -0.15) is 5.10 Å². The smallest absolute Gasteiger partial charge is 0.180 e. The molecule has 7 nitrogen and oxygen atoms in total. The van der Waals surface area contributed by atoms with Crippen LogP contribution in [0, 0.1) is 0 Å². The van der Waals surface area contributed by atoms with Gasteiger partial charge in [0.2, 0.25) is 0 Å². The first-order valence-electron chi connectivity index (χ1n) is 9.99. The lowest BCUT2D eigenvalue weighted by Crippen LogP contribution is -2.30. The maximum absolute atomic E-state index is 4.61. The Labute approximate surface area is 164 Å². The Morgan fingerprint density at radius 3 is 2.75 bits per heavy atom. The number of likely N-dealkylation sites (tertiary alicyclic amines) is 1. The zero-order valence-corrected chi connectivity index (χ0v) is 16.1. The molecule has 3 aromatic rings. The summed E-state index contributed by atoms with van der Waals surface area (Å²) in [5.41, 5.74) is 4.25. The van der Waals surface area contributed by atoms with Crippen molar-refractivity contribution >= 4 is 11.5 Å². The number of aromatic nitrogens is 5. The lowest BCUT2D eigenvalue weighted by molar-refractivity contribution is 0.291. The fraction of sp³-hybridized carbons (Fsp3) is 0.381. The summed E-state index contributed by atoms with van der Waals surface area (Å²) in [7, 11) is 1.92. The molecule has 1 aliphatic carbocycles. The van der Waals surface area contributed by atoms with Crippen LogP contribution in [-0.2, 0) is 7.05 Å². The van der Waals surface area contributed by atoms with Gasteiger partial charge in [-0.15, -0.1) is 0 Å². The molecule has 0 saturated carbocycles. The second kappa shape index (κ2) is 7.14. The van der Waals surface area contributed by atoms with Crippen LogP contribution in [0.25, 0.3) is 16.9 Å². The highest BCUT2D eigenvalue weighted by molar-refractivity contribution is 5.70.